The highest BCUT2D eigenvalue weighted by atomic mass is 16.5. The van der Waals surface area contributed by atoms with Gasteiger partial charge >= 0.3 is 0 Å². The Morgan fingerprint density at radius 1 is 1.04 bits per heavy atom. The molecule has 0 aliphatic carbocycles. The van der Waals surface area contributed by atoms with Gasteiger partial charge in [0.1, 0.15) is 5.75 Å². The number of aromatic nitrogens is 1. The second-order valence-electron chi connectivity index (χ2n) is 5.94. The van der Waals surface area contributed by atoms with E-state index in [2.05, 4.69) is 0 Å². The lowest BCUT2D eigenvalue weighted by Crippen LogP contribution is -2.19. The van der Waals surface area contributed by atoms with Gasteiger partial charge in [0.15, 0.2) is 5.78 Å². The van der Waals surface area contributed by atoms with Crippen LogP contribution in [0, 0.1) is 13.8 Å². The lowest BCUT2D eigenvalue weighted by molar-refractivity contribution is 0.104. The zero-order valence-corrected chi connectivity index (χ0v) is 14.2. The summed E-state index contributed by atoms with van der Waals surface area (Å²) in [6, 6.07) is 12.5. The summed E-state index contributed by atoms with van der Waals surface area (Å²) in [5.74, 6) is 0.623. The summed E-state index contributed by atoms with van der Waals surface area (Å²) in [7, 11) is 3.33. The van der Waals surface area contributed by atoms with Gasteiger partial charge in [0.05, 0.1) is 12.6 Å². The number of methoxy groups -OCH3 is 1. The van der Waals surface area contributed by atoms with Gasteiger partial charge < -0.3 is 9.30 Å². The van der Waals surface area contributed by atoms with E-state index in [0.29, 0.717) is 11.1 Å². The van der Waals surface area contributed by atoms with E-state index in [1.54, 1.807) is 30.9 Å². The summed E-state index contributed by atoms with van der Waals surface area (Å²) in [5, 5.41) is 0.774. The molecule has 0 saturated carbocycles. The molecule has 0 fully saturated rings. The minimum atomic E-state index is -0.195. The number of benzene rings is 2. The highest BCUT2D eigenvalue weighted by molar-refractivity contribution is 6.16. The SMILES string of the molecule is COc1c(C)cc(C(=O)c2cc(=O)n(C)c3ccccc23)cc1C. The fraction of sp³-hybridized carbons (Fsp3) is 0.200. The molecule has 0 atom stereocenters. The van der Waals surface area contributed by atoms with Crippen molar-refractivity contribution < 1.29 is 9.53 Å². The van der Waals surface area contributed by atoms with Gasteiger partial charge in [-0.3, -0.25) is 9.59 Å². The fourth-order valence-corrected chi connectivity index (χ4v) is 3.16. The molecule has 0 N–H and O–H groups in total. The molecule has 0 aliphatic rings. The molecule has 3 rings (SSSR count). The topological polar surface area (TPSA) is 48.3 Å². The number of pyridine rings is 1. The number of carbonyl (C=O) groups excluding carboxylic acids is 1. The Morgan fingerprint density at radius 3 is 2.29 bits per heavy atom. The summed E-state index contributed by atoms with van der Waals surface area (Å²) >= 11 is 0. The lowest BCUT2D eigenvalue weighted by atomic mass is 9.96. The first-order chi connectivity index (χ1) is 11.4. The van der Waals surface area contributed by atoms with Crippen LogP contribution in [-0.4, -0.2) is 17.5 Å². The standard InChI is InChI=1S/C20H19NO3/c1-12-9-14(10-13(2)20(12)24-4)19(23)16-11-18(22)21(3)17-8-6-5-7-15(16)17/h5-11H,1-4H3. The average molecular weight is 321 g/mol. The highest BCUT2D eigenvalue weighted by Gasteiger charge is 2.17. The van der Waals surface area contributed by atoms with Crippen LogP contribution < -0.4 is 10.3 Å². The van der Waals surface area contributed by atoms with Crippen molar-refractivity contribution in [1.82, 2.24) is 4.57 Å². The lowest BCUT2D eigenvalue weighted by Gasteiger charge is -2.12. The maximum Gasteiger partial charge on any atom is 0.251 e. The van der Waals surface area contributed by atoms with Crippen LogP contribution in [0.1, 0.15) is 27.0 Å². The Balaban J connectivity index is 2.24. The van der Waals surface area contributed by atoms with E-state index in [0.717, 1.165) is 27.8 Å². The molecule has 3 aromatic rings. The fourth-order valence-electron chi connectivity index (χ4n) is 3.16. The monoisotopic (exact) mass is 321 g/mol. The number of hydrogen-bond acceptors (Lipinski definition) is 3. The summed E-state index contributed by atoms with van der Waals surface area (Å²) in [5.41, 5.74) is 3.33. The van der Waals surface area contributed by atoms with Crippen molar-refractivity contribution in [2.45, 2.75) is 13.8 Å². The molecule has 0 saturated heterocycles. The molecule has 0 bridgehead atoms. The molecular weight excluding hydrogens is 302 g/mol. The Labute approximate surface area is 140 Å². The van der Waals surface area contributed by atoms with Gasteiger partial charge in [-0.1, -0.05) is 18.2 Å². The molecular formula is C20H19NO3. The molecule has 0 unspecified atom stereocenters. The Morgan fingerprint density at radius 2 is 1.67 bits per heavy atom. The van der Waals surface area contributed by atoms with Crippen LogP contribution in [0.4, 0.5) is 0 Å². The van der Waals surface area contributed by atoms with Crippen molar-refractivity contribution in [2.75, 3.05) is 7.11 Å². The first-order valence-corrected chi connectivity index (χ1v) is 7.72. The summed E-state index contributed by atoms with van der Waals surface area (Å²) in [6.45, 7) is 3.81. The molecule has 4 heteroatoms. The van der Waals surface area contributed by atoms with Crippen LogP contribution >= 0.6 is 0 Å². The molecule has 0 radical (unpaired) electrons. The minimum Gasteiger partial charge on any atom is -0.496 e. The molecule has 1 aromatic heterocycles. The zero-order chi connectivity index (χ0) is 17.4. The van der Waals surface area contributed by atoms with Gasteiger partial charge in [0.2, 0.25) is 0 Å². The van der Waals surface area contributed by atoms with Gasteiger partial charge in [0, 0.05) is 29.6 Å². The molecule has 0 amide bonds. The zero-order valence-electron chi connectivity index (χ0n) is 14.2. The largest absolute Gasteiger partial charge is 0.496 e. The third kappa shape index (κ3) is 2.50. The molecule has 0 spiro atoms. The van der Waals surface area contributed by atoms with Crippen molar-refractivity contribution >= 4 is 16.7 Å². The van der Waals surface area contributed by atoms with Crippen LogP contribution in [0.5, 0.6) is 5.75 Å². The van der Waals surface area contributed by atoms with E-state index in [4.69, 9.17) is 4.74 Å². The van der Waals surface area contributed by atoms with E-state index in [1.165, 1.54) is 6.07 Å². The van der Waals surface area contributed by atoms with Crippen LogP contribution in [0.15, 0.2) is 47.3 Å². The van der Waals surface area contributed by atoms with Crippen molar-refractivity contribution in [1.29, 1.82) is 0 Å². The first-order valence-electron chi connectivity index (χ1n) is 7.72. The van der Waals surface area contributed by atoms with Crippen LogP contribution in [0.3, 0.4) is 0 Å². The molecule has 24 heavy (non-hydrogen) atoms. The number of hydrogen-bond donors (Lipinski definition) is 0. The van der Waals surface area contributed by atoms with Gasteiger partial charge in [-0.25, -0.2) is 0 Å². The minimum absolute atomic E-state index is 0.155. The maximum absolute atomic E-state index is 13.0. The van der Waals surface area contributed by atoms with E-state index in [9.17, 15) is 9.59 Å². The van der Waals surface area contributed by atoms with Gasteiger partial charge in [-0.05, 0) is 43.2 Å². The predicted molar refractivity (Wildman–Crippen MR) is 95.1 cm³/mol. The van der Waals surface area contributed by atoms with Crippen LogP contribution in [0.2, 0.25) is 0 Å². The van der Waals surface area contributed by atoms with Gasteiger partial charge in [0.25, 0.3) is 5.56 Å². The Kier molecular flexibility index (Phi) is 3.97. The Bertz CT molecular complexity index is 992. The van der Waals surface area contributed by atoms with E-state index >= 15 is 0 Å². The highest BCUT2D eigenvalue weighted by Crippen LogP contribution is 2.27. The molecule has 4 nitrogen and oxygen atoms in total. The third-order valence-electron chi connectivity index (χ3n) is 4.33. The summed E-state index contributed by atoms with van der Waals surface area (Å²) in [4.78, 5) is 25.3. The van der Waals surface area contributed by atoms with Crippen molar-refractivity contribution in [3.8, 4) is 5.75 Å². The van der Waals surface area contributed by atoms with Crippen molar-refractivity contribution in [3.63, 3.8) is 0 Å². The number of para-hydroxylation sites is 1. The quantitative estimate of drug-likeness (QED) is 0.695. The number of fused-ring (bicyclic) bond motifs is 1. The summed E-state index contributed by atoms with van der Waals surface area (Å²) < 4.78 is 6.91. The second-order valence-corrected chi connectivity index (χ2v) is 5.94. The number of ether oxygens (including phenoxy) is 1. The van der Waals surface area contributed by atoms with Crippen LogP contribution in [-0.2, 0) is 7.05 Å². The Hall–Kier alpha value is -2.88. The van der Waals surface area contributed by atoms with E-state index < -0.39 is 0 Å². The second kappa shape index (κ2) is 5.96. The molecule has 1 heterocycles. The van der Waals surface area contributed by atoms with Gasteiger partial charge in [-0.2, -0.15) is 0 Å². The van der Waals surface area contributed by atoms with Crippen LogP contribution in [0.25, 0.3) is 10.9 Å². The molecule has 2 aromatic carbocycles. The summed E-state index contributed by atoms with van der Waals surface area (Å²) in [6.07, 6.45) is 0. The van der Waals surface area contributed by atoms with Crippen molar-refractivity contribution in [3.05, 3.63) is 75.1 Å². The van der Waals surface area contributed by atoms with E-state index in [1.807, 2.05) is 38.1 Å². The number of nitrogens with zero attached hydrogens (tertiary/aromatic N) is 1. The number of rotatable bonds is 3. The molecule has 122 valence electrons. The van der Waals surface area contributed by atoms with Crippen molar-refractivity contribution in [2.24, 2.45) is 7.05 Å². The first kappa shape index (κ1) is 16.0. The third-order valence-corrected chi connectivity index (χ3v) is 4.33. The number of aryl methyl sites for hydroxylation is 3. The number of ketones is 1. The predicted octanol–water partition coefficient (Wildman–Crippen LogP) is 3.39. The van der Waals surface area contributed by atoms with Gasteiger partial charge in [-0.15, -0.1) is 0 Å². The number of carbonyl (C=O) groups is 1. The maximum atomic E-state index is 13.0. The normalized spacial score (nSPS) is 10.8. The van der Waals surface area contributed by atoms with E-state index in [-0.39, 0.29) is 11.3 Å². The molecule has 0 aliphatic heterocycles. The average Bonchev–Trinajstić information content (AvgIpc) is 2.57. The smallest absolute Gasteiger partial charge is 0.251 e.